The van der Waals surface area contributed by atoms with Crippen LogP contribution in [-0.2, 0) is 6.18 Å². The molecule has 2 rings (SSSR count). The highest BCUT2D eigenvalue weighted by Gasteiger charge is 2.31. The minimum atomic E-state index is -4.50. The molecule has 0 radical (unpaired) electrons. The van der Waals surface area contributed by atoms with Crippen LogP contribution in [0, 0.1) is 0 Å². The van der Waals surface area contributed by atoms with Crippen LogP contribution in [0.2, 0.25) is 5.02 Å². The molecule has 8 heteroatoms. The van der Waals surface area contributed by atoms with E-state index in [0.29, 0.717) is 0 Å². The zero-order chi connectivity index (χ0) is 14.0. The highest BCUT2D eigenvalue weighted by atomic mass is 35.5. The lowest BCUT2D eigenvalue weighted by atomic mass is 10.2. The first-order valence-corrected chi connectivity index (χ1v) is 5.43. The fourth-order valence-corrected chi connectivity index (χ4v) is 1.53. The maximum absolute atomic E-state index is 12.5. The Balaban J connectivity index is 2.27. The van der Waals surface area contributed by atoms with Gasteiger partial charge in [-0.2, -0.15) is 18.3 Å². The van der Waals surface area contributed by atoms with E-state index in [1.807, 2.05) is 0 Å². The van der Waals surface area contributed by atoms with Crippen molar-refractivity contribution in [1.29, 1.82) is 0 Å². The van der Waals surface area contributed by atoms with Crippen LogP contribution in [0.1, 0.15) is 16.1 Å². The minimum absolute atomic E-state index is 0.0147. The Morgan fingerprint density at radius 2 is 2.05 bits per heavy atom. The molecule has 0 saturated heterocycles. The van der Waals surface area contributed by atoms with E-state index in [1.54, 1.807) is 0 Å². The van der Waals surface area contributed by atoms with Gasteiger partial charge < -0.3 is 5.32 Å². The van der Waals surface area contributed by atoms with Crippen LogP contribution in [0.25, 0.3) is 0 Å². The van der Waals surface area contributed by atoms with Crippen LogP contribution < -0.4 is 5.32 Å². The van der Waals surface area contributed by atoms with Crippen molar-refractivity contribution < 1.29 is 18.0 Å². The number of H-pyrrole nitrogens is 1. The van der Waals surface area contributed by atoms with Gasteiger partial charge in [-0.3, -0.25) is 9.89 Å². The average Bonchev–Trinajstić information content (AvgIpc) is 2.84. The van der Waals surface area contributed by atoms with Crippen LogP contribution in [0.5, 0.6) is 0 Å². The summed E-state index contributed by atoms with van der Waals surface area (Å²) in [5.41, 5.74) is -0.888. The predicted molar refractivity (Wildman–Crippen MR) is 63.0 cm³/mol. The molecular formula is C11H7ClF3N3O. The fraction of sp³-hybridized carbons (Fsp3) is 0.0909. The SMILES string of the molecule is O=C(Nc1cc(C(F)(F)F)ccc1Cl)c1ccn[nH]1. The van der Waals surface area contributed by atoms with Gasteiger partial charge in [-0.05, 0) is 24.3 Å². The number of anilines is 1. The second kappa shape index (κ2) is 4.93. The first-order chi connectivity index (χ1) is 8.88. The molecule has 100 valence electrons. The first kappa shape index (κ1) is 13.4. The van der Waals surface area contributed by atoms with Crippen molar-refractivity contribution in [1.82, 2.24) is 10.2 Å². The third-order valence-electron chi connectivity index (χ3n) is 2.29. The average molecular weight is 290 g/mol. The number of aromatic amines is 1. The number of nitrogens with zero attached hydrogens (tertiary/aromatic N) is 1. The normalized spacial score (nSPS) is 11.4. The highest BCUT2D eigenvalue weighted by Crippen LogP contribution is 2.33. The lowest BCUT2D eigenvalue weighted by Crippen LogP contribution is -2.14. The smallest absolute Gasteiger partial charge is 0.319 e. The molecule has 1 amide bonds. The molecule has 0 spiro atoms. The first-order valence-electron chi connectivity index (χ1n) is 5.05. The number of hydrogen-bond donors (Lipinski definition) is 2. The Labute approximate surface area is 110 Å². The lowest BCUT2D eigenvalue weighted by Gasteiger charge is -2.11. The van der Waals surface area contributed by atoms with Gasteiger partial charge in [0.05, 0.1) is 16.3 Å². The second-order valence-electron chi connectivity index (χ2n) is 3.62. The standard InChI is InChI=1S/C11H7ClF3N3O/c12-7-2-1-6(11(13,14)15)5-9(7)17-10(19)8-3-4-16-18-8/h1-5H,(H,16,18)(H,17,19). The molecule has 1 aromatic carbocycles. The molecule has 0 unspecified atom stereocenters. The van der Waals surface area contributed by atoms with Crippen LogP contribution in [0.4, 0.5) is 18.9 Å². The van der Waals surface area contributed by atoms with Crippen molar-refractivity contribution in [2.24, 2.45) is 0 Å². The molecule has 4 nitrogen and oxygen atoms in total. The zero-order valence-electron chi connectivity index (χ0n) is 9.25. The van der Waals surface area contributed by atoms with E-state index in [2.05, 4.69) is 15.5 Å². The number of hydrogen-bond acceptors (Lipinski definition) is 2. The van der Waals surface area contributed by atoms with Crippen LogP contribution in [0.3, 0.4) is 0 Å². The summed E-state index contributed by atoms with van der Waals surface area (Å²) in [6, 6.07) is 4.08. The van der Waals surface area contributed by atoms with Crippen molar-refractivity contribution >= 4 is 23.2 Å². The van der Waals surface area contributed by atoms with Gasteiger partial charge in [0.25, 0.3) is 5.91 Å². The van der Waals surface area contributed by atoms with E-state index < -0.39 is 17.6 Å². The van der Waals surface area contributed by atoms with Crippen molar-refractivity contribution in [3.8, 4) is 0 Å². The molecule has 1 aromatic heterocycles. The van der Waals surface area contributed by atoms with Crippen molar-refractivity contribution in [3.05, 3.63) is 46.7 Å². The molecule has 0 fully saturated rings. The predicted octanol–water partition coefficient (Wildman–Crippen LogP) is 3.33. The summed E-state index contributed by atoms with van der Waals surface area (Å²) in [5.74, 6) is -0.626. The van der Waals surface area contributed by atoms with E-state index in [9.17, 15) is 18.0 Å². The summed E-state index contributed by atoms with van der Waals surface area (Å²) < 4.78 is 37.6. The third-order valence-corrected chi connectivity index (χ3v) is 2.62. The Morgan fingerprint density at radius 1 is 1.32 bits per heavy atom. The van der Waals surface area contributed by atoms with Gasteiger partial charge in [-0.15, -0.1) is 0 Å². The van der Waals surface area contributed by atoms with E-state index in [1.165, 1.54) is 12.3 Å². The van der Waals surface area contributed by atoms with Crippen LogP contribution >= 0.6 is 11.6 Å². The van der Waals surface area contributed by atoms with Gasteiger partial charge in [-0.1, -0.05) is 11.6 Å². The van der Waals surface area contributed by atoms with Gasteiger partial charge >= 0.3 is 6.18 Å². The maximum Gasteiger partial charge on any atom is 0.416 e. The number of carbonyl (C=O) groups is 1. The quantitative estimate of drug-likeness (QED) is 0.891. The summed E-state index contributed by atoms with van der Waals surface area (Å²) in [5, 5.41) is 8.26. The van der Waals surface area contributed by atoms with Gasteiger partial charge in [-0.25, -0.2) is 0 Å². The summed E-state index contributed by atoms with van der Waals surface area (Å²) in [6.07, 6.45) is -3.15. The molecule has 2 N–H and O–H groups in total. The maximum atomic E-state index is 12.5. The second-order valence-corrected chi connectivity index (χ2v) is 4.02. The molecule has 1 heterocycles. The van der Waals surface area contributed by atoms with Crippen molar-refractivity contribution in [2.75, 3.05) is 5.32 Å². The summed E-state index contributed by atoms with van der Waals surface area (Å²) in [7, 11) is 0. The molecule has 0 aliphatic rings. The largest absolute Gasteiger partial charge is 0.416 e. The lowest BCUT2D eigenvalue weighted by molar-refractivity contribution is -0.137. The monoisotopic (exact) mass is 289 g/mol. The summed E-state index contributed by atoms with van der Waals surface area (Å²) in [6.45, 7) is 0. The number of benzene rings is 1. The van der Waals surface area contributed by atoms with E-state index in [4.69, 9.17) is 11.6 Å². The third kappa shape index (κ3) is 3.05. The molecule has 0 aliphatic carbocycles. The minimum Gasteiger partial charge on any atom is -0.319 e. The van der Waals surface area contributed by atoms with Crippen LogP contribution in [-0.4, -0.2) is 16.1 Å². The molecule has 19 heavy (non-hydrogen) atoms. The number of nitrogens with one attached hydrogen (secondary N) is 2. The van der Waals surface area contributed by atoms with Crippen LogP contribution in [0.15, 0.2) is 30.5 Å². The van der Waals surface area contributed by atoms with E-state index >= 15 is 0 Å². The zero-order valence-corrected chi connectivity index (χ0v) is 10.0. The highest BCUT2D eigenvalue weighted by molar-refractivity contribution is 6.33. The van der Waals surface area contributed by atoms with Gasteiger partial charge in [0, 0.05) is 6.20 Å². The molecular weight excluding hydrogens is 283 g/mol. The van der Waals surface area contributed by atoms with Gasteiger partial charge in [0.1, 0.15) is 5.69 Å². The van der Waals surface area contributed by atoms with Gasteiger partial charge in [0.15, 0.2) is 0 Å². The fourth-order valence-electron chi connectivity index (χ4n) is 1.37. The molecule has 0 bridgehead atoms. The molecule has 0 aliphatic heterocycles. The Bertz CT molecular complexity index is 596. The van der Waals surface area contributed by atoms with E-state index in [0.717, 1.165) is 18.2 Å². The Morgan fingerprint density at radius 3 is 2.63 bits per heavy atom. The number of rotatable bonds is 2. The topological polar surface area (TPSA) is 57.8 Å². The number of halogens is 4. The number of aromatic nitrogens is 2. The number of amides is 1. The van der Waals surface area contributed by atoms with Crippen molar-refractivity contribution in [2.45, 2.75) is 6.18 Å². The number of carbonyl (C=O) groups excluding carboxylic acids is 1. The van der Waals surface area contributed by atoms with E-state index in [-0.39, 0.29) is 16.4 Å². The molecule has 0 saturated carbocycles. The Kier molecular flexibility index (Phi) is 3.48. The molecule has 0 atom stereocenters. The number of alkyl halides is 3. The van der Waals surface area contributed by atoms with Crippen molar-refractivity contribution in [3.63, 3.8) is 0 Å². The summed E-state index contributed by atoms with van der Waals surface area (Å²) >= 11 is 5.74. The Hall–Kier alpha value is -2.02. The van der Waals surface area contributed by atoms with Gasteiger partial charge in [0.2, 0.25) is 0 Å². The summed E-state index contributed by atoms with van der Waals surface area (Å²) in [4.78, 5) is 11.7. The molecule has 2 aromatic rings.